The van der Waals surface area contributed by atoms with E-state index in [0.29, 0.717) is 0 Å². The Kier molecular flexibility index (Phi) is 9.97. The second-order valence-corrected chi connectivity index (χ2v) is 6.38. The molecule has 0 saturated carbocycles. The second-order valence-electron chi connectivity index (χ2n) is 6.38. The molecule has 0 spiro atoms. The molecule has 12 heteroatoms. The lowest BCUT2D eigenvalue weighted by molar-refractivity contribution is -0.302. The molecular formula is C15H31N3O9. The molecule has 0 bridgehead atoms. The van der Waals surface area contributed by atoms with E-state index in [1.165, 1.54) is 0 Å². The van der Waals surface area contributed by atoms with Crippen LogP contribution in [-0.2, 0) is 14.3 Å². The van der Waals surface area contributed by atoms with E-state index < -0.39 is 74.1 Å². The summed E-state index contributed by atoms with van der Waals surface area (Å²) in [7, 11) is 0. The van der Waals surface area contributed by atoms with Crippen molar-refractivity contribution in [3.05, 3.63) is 0 Å². The number of nitrogens with one attached hydrogen (secondary N) is 1. The van der Waals surface area contributed by atoms with Crippen molar-refractivity contribution in [1.82, 2.24) is 5.32 Å². The molecule has 160 valence electrons. The van der Waals surface area contributed by atoms with Crippen LogP contribution in [0.1, 0.15) is 13.3 Å². The van der Waals surface area contributed by atoms with Crippen LogP contribution in [0.5, 0.6) is 0 Å². The van der Waals surface area contributed by atoms with Crippen LogP contribution in [-0.4, -0.2) is 111 Å². The monoisotopic (exact) mass is 397 g/mol. The zero-order valence-electron chi connectivity index (χ0n) is 15.1. The summed E-state index contributed by atoms with van der Waals surface area (Å²) in [4.78, 5) is 11.6. The zero-order chi connectivity index (χ0) is 20.7. The number of aliphatic hydroxyl groups is 6. The molecule has 0 aromatic rings. The largest absolute Gasteiger partial charge is 0.394 e. The number of hydrogen-bond acceptors (Lipinski definition) is 11. The average molecular weight is 397 g/mol. The fraction of sp³-hybridized carbons (Fsp3) is 0.933. The molecule has 0 unspecified atom stereocenters. The van der Waals surface area contributed by atoms with Gasteiger partial charge in [0.25, 0.3) is 0 Å². The molecule has 12 nitrogen and oxygen atoms in total. The van der Waals surface area contributed by atoms with Gasteiger partial charge in [-0.25, -0.2) is 0 Å². The van der Waals surface area contributed by atoms with Gasteiger partial charge in [-0.05, 0) is 0 Å². The van der Waals surface area contributed by atoms with Gasteiger partial charge < -0.3 is 56.9 Å². The molecule has 1 aliphatic heterocycles. The van der Waals surface area contributed by atoms with Gasteiger partial charge in [-0.2, -0.15) is 0 Å². The molecule has 0 aromatic carbocycles. The molecule has 1 amide bonds. The summed E-state index contributed by atoms with van der Waals surface area (Å²) < 4.78 is 10.9. The molecule has 27 heavy (non-hydrogen) atoms. The summed E-state index contributed by atoms with van der Waals surface area (Å²) in [5, 5.41) is 61.3. The van der Waals surface area contributed by atoms with Crippen molar-refractivity contribution < 1.29 is 44.9 Å². The number of carbonyl (C=O) groups excluding carboxylic acids is 1. The fourth-order valence-electron chi connectivity index (χ4n) is 2.73. The fourth-order valence-corrected chi connectivity index (χ4v) is 2.73. The van der Waals surface area contributed by atoms with Crippen LogP contribution in [0.2, 0.25) is 0 Å². The minimum absolute atomic E-state index is 0.121. The first-order chi connectivity index (χ1) is 12.7. The predicted octanol–water partition coefficient (Wildman–Crippen LogP) is -5.29. The molecule has 0 aliphatic carbocycles. The summed E-state index contributed by atoms with van der Waals surface area (Å²) >= 11 is 0. The number of nitrogens with two attached hydrogens (primary N) is 2. The first-order valence-corrected chi connectivity index (χ1v) is 8.71. The molecular weight excluding hydrogens is 366 g/mol. The quantitative estimate of drug-likeness (QED) is 0.169. The summed E-state index contributed by atoms with van der Waals surface area (Å²) in [5.74, 6) is -0.419. The van der Waals surface area contributed by atoms with Gasteiger partial charge in [-0.1, -0.05) is 6.92 Å². The number of carbonyl (C=O) groups is 1. The summed E-state index contributed by atoms with van der Waals surface area (Å²) in [5.41, 5.74) is 11.2. The third kappa shape index (κ3) is 6.02. The van der Waals surface area contributed by atoms with Gasteiger partial charge in [-0.15, -0.1) is 0 Å². The highest BCUT2D eigenvalue weighted by molar-refractivity contribution is 5.76. The highest BCUT2D eigenvalue weighted by Crippen LogP contribution is 2.24. The molecule has 0 radical (unpaired) electrons. The summed E-state index contributed by atoms with van der Waals surface area (Å²) in [6, 6.07) is -2.38. The van der Waals surface area contributed by atoms with Crippen LogP contribution >= 0.6 is 0 Å². The molecule has 1 fully saturated rings. The maximum Gasteiger partial charge on any atom is 0.220 e. The van der Waals surface area contributed by atoms with Gasteiger partial charge in [0.1, 0.15) is 24.4 Å². The lowest BCUT2D eigenvalue weighted by Gasteiger charge is -2.44. The van der Waals surface area contributed by atoms with E-state index in [1.807, 2.05) is 0 Å². The zero-order valence-corrected chi connectivity index (χ0v) is 15.1. The molecule has 0 aromatic heterocycles. The minimum atomic E-state index is -1.67. The van der Waals surface area contributed by atoms with Crippen LogP contribution in [0.3, 0.4) is 0 Å². The molecule has 1 heterocycles. The van der Waals surface area contributed by atoms with Gasteiger partial charge >= 0.3 is 0 Å². The lowest BCUT2D eigenvalue weighted by atomic mass is 9.95. The minimum Gasteiger partial charge on any atom is -0.394 e. The van der Waals surface area contributed by atoms with E-state index in [9.17, 15) is 30.3 Å². The van der Waals surface area contributed by atoms with Gasteiger partial charge in [-0.3, -0.25) is 4.79 Å². The van der Waals surface area contributed by atoms with Crippen LogP contribution in [0.4, 0.5) is 0 Å². The van der Waals surface area contributed by atoms with Crippen LogP contribution < -0.4 is 16.8 Å². The second kappa shape index (κ2) is 11.2. The van der Waals surface area contributed by atoms with E-state index >= 15 is 0 Å². The molecule has 1 aliphatic rings. The number of amides is 1. The molecule has 1 rings (SSSR count). The number of ether oxygens (including phenoxy) is 2. The number of rotatable bonds is 10. The highest BCUT2D eigenvalue weighted by Gasteiger charge is 2.47. The standard InChI is InChI=1S/C15H31N3O9/c1-2-9(23)18-11-8(5-20)26-15(13(25)12(11)24)27-14(6(21)3-16)10(17)7(22)4-19/h6-8,10-15,19-22,24-25H,2-5,16-17H2,1H3,(H,18,23)/t6-,7+,8+,10+,11+,12-,13+,14-,15+/m0/s1. The van der Waals surface area contributed by atoms with Gasteiger partial charge in [0, 0.05) is 13.0 Å². The van der Waals surface area contributed by atoms with E-state index in [0.717, 1.165) is 0 Å². The lowest BCUT2D eigenvalue weighted by Crippen LogP contribution is -2.66. The highest BCUT2D eigenvalue weighted by atomic mass is 16.7. The van der Waals surface area contributed by atoms with Crippen molar-refractivity contribution in [3.8, 4) is 0 Å². The van der Waals surface area contributed by atoms with E-state index in [2.05, 4.69) is 5.32 Å². The van der Waals surface area contributed by atoms with Gasteiger partial charge in [0.05, 0.1) is 37.5 Å². The topological polar surface area (TPSA) is 221 Å². The molecule has 9 atom stereocenters. The summed E-state index contributed by atoms with van der Waals surface area (Å²) in [6.07, 6.45) is -9.94. The predicted molar refractivity (Wildman–Crippen MR) is 91.0 cm³/mol. The van der Waals surface area contributed by atoms with Crippen molar-refractivity contribution in [2.45, 2.75) is 68.3 Å². The van der Waals surface area contributed by atoms with E-state index in [1.54, 1.807) is 6.92 Å². The molecule has 1 saturated heterocycles. The summed E-state index contributed by atoms with van der Waals surface area (Å²) in [6.45, 7) is -0.0258. The van der Waals surface area contributed by atoms with Crippen LogP contribution in [0, 0.1) is 0 Å². The maximum absolute atomic E-state index is 11.6. The van der Waals surface area contributed by atoms with Crippen LogP contribution in [0.25, 0.3) is 0 Å². The Morgan fingerprint density at radius 3 is 2.33 bits per heavy atom. The molecule has 11 N–H and O–H groups in total. The van der Waals surface area contributed by atoms with Crippen molar-refractivity contribution in [1.29, 1.82) is 0 Å². The number of aliphatic hydroxyl groups excluding tert-OH is 6. The van der Waals surface area contributed by atoms with Crippen LogP contribution in [0.15, 0.2) is 0 Å². The first kappa shape index (κ1) is 24.1. The maximum atomic E-state index is 11.6. The van der Waals surface area contributed by atoms with Crippen molar-refractivity contribution in [2.75, 3.05) is 19.8 Å². The van der Waals surface area contributed by atoms with Gasteiger partial charge in [0.15, 0.2) is 6.29 Å². The first-order valence-electron chi connectivity index (χ1n) is 8.71. The van der Waals surface area contributed by atoms with Crippen molar-refractivity contribution in [3.63, 3.8) is 0 Å². The normalized spacial score (nSPS) is 33.1. The third-order valence-corrected chi connectivity index (χ3v) is 4.46. The SMILES string of the molecule is CCC(=O)N[C@H]1[C@H](O)[C@@H](O)[C@@H](O[C@H]([C@H](N)[C@H](O)CO)[C@@H](O)CN)O[C@@H]1CO. The Bertz CT molecular complexity index is 456. The van der Waals surface area contributed by atoms with Crippen molar-refractivity contribution in [2.24, 2.45) is 11.5 Å². The van der Waals surface area contributed by atoms with Gasteiger partial charge in [0.2, 0.25) is 5.91 Å². The van der Waals surface area contributed by atoms with E-state index in [-0.39, 0.29) is 13.0 Å². The Morgan fingerprint density at radius 1 is 1.22 bits per heavy atom. The van der Waals surface area contributed by atoms with Crippen molar-refractivity contribution >= 4 is 5.91 Å². The Balaban J connectivity index is 2.96. The third-order valence-electron chi connectivity index (χ3n) is 4.46. The Labute approximate surface area is 156 Å². The number of hydrogen-bond donors (Lipinski definition) is 9. The van der Waals surface area contributed by atoms with E-state index in [4.69, 9.17) is 26.0 Å². The Morgan fingerprint density at radius 2 is 1.85 bits per heavy atom. The smallest absolute Gasteiger partial charge is 0.220 e. The average Bonchev–Trinajstić information content (AvgIpc) is 2.68. The Hall–Kier alpha value is -0.930.